The summed E-state index contributed by atoms with van der Waals surface area (Å²) in [7, 11) is 3.05. The zero-order valence-corrected chi connectivity index (χ0v) is 20.1. The number of benzene rings is 1. The largest absolute Gasteiger partial charge is 0.493 e. The second-order valence-corrected chi connectivity index (χ2v) is 7.69. The molecule has 0 aliphatic heterocycles. The van der Waals surface area contributed by atoms with Crippen LogP contribution in [0, 0.1) is 0 Å². The number of carbonyl (C=O) groups is 2. The molecule has 2 aromatic rings. The first-order chi connectivity index (χ1) is 16.0. The normalized spacial score (nSPS) is 10.8. The number of hydrogen-bond donors (Lipinski definition) is 1. The summed E-state index contributed by atoms with van der Waals surface area (Å²) in [4.78, 5) is 30.2. The molecule has 1 aromatic carbocycles. The Kier molecular flexibility index (Phi) is 10.9. The van der Waals surface area contributed by atoms with Gasteiger partial charge in [-0.3, -0.25) is 4.90 Å². The van der Waals surface area contributed by atoms with E-state index in [0.29, 0.717) is 30.4 Å². The molecular formula is C26H35N3O4. The number of amides is 2. The fourth-order valence-electron chi connectivity index (χ4n) is 3.09. The summed E-state index contributed by atoms with van der Waals surface area (Å²) in [5.41, 5.74) is 2.34. The first-order valence-electron chi connectivity index (χ1n) is 11.5. The lowest BCUT2D eigenvalue weighted by atomic mass is 10.1. The SMILES string of the molecule is CCCCCNC(=O)N(C)c1cccc(-c2ccc(/C=C/C(=O)OC)cc2OCCCC)n1. The maximum atomic E-state index is 12.5. The van der Waals surface area contributed by atoms with Crippen LogP contribution in [-0.2, 0) is 9.53 Å². The maximum Gasteiger partial charge on any atom is 0.330 e. The molecule has 0 atom stereocenters. The number of nitrogens with zero attached hydrogens (tertiary/aromatic N) is 2. The molecule has 7 heteroatoms. The molecule has 2 amide bonds. The molecule has 2 rings (SSSR count). The Labute approximate surface area is 196 Å². The van der Waals surface area contributed by atoms with Crippen LogP contribution in [0.15, 0.2) is 42.5 Å². The van der Waals surface area contributed by atoms with Crippen molar-refractivity contribution in [3.8, 4) is 17.0 Å². The smallest absolute Gasteiger partial charge is 0.330 e. The molecule has 0 aliphatic carbocycles. The monoisotopic (exact) mass is 453 g/mol. The van der Waals surface area contributed by atoms with Crippen LogP contribution < -0.4 is 15.0 Å². The molecule has 1 aromatic heterocycles. The maximum absolute atomic E-state index is 12.5. The molecule has 0 aliphatic rings. The highest BCUT2D eigenvalue weighted by Gasteiger charge is 2.14. The average Bonchev–Trinajstić information content (AvgIpc) is 2.84. The number of carbonyl (C=O) groups excluding carboxylic acids is 2. The van der Waals surface area contributed by atoms with Crippen molar-refractivity contribution in [1.29, 1.82) is 0 Å². The minimum Gasteiger partial charge on any atom is -0.493 e. The number of aromatic nitrogens is 1. The first-order valence-corrected chi connectivity index (χ1v) is 11.5. The molecular weight excluding hydrogens is 418 g/mol. The minimum atomic E-state index is -0.419. The molecule has 178 valence electrons. The van der Waals surface area contributed by atoms with Crippen LogP contribution in [0.5, 0.6) is 5.75 Å². The van der Waals surface area contributed by atoms with Crippen LogP contribution in [0.1, 0.15) is 51.5 Å². The average molecular weight is 454 g/mol. The van der Waals surface area contributed by atoms with Gasteiger partial charge in [0.2, 0.25) is 0 Å². The van der Waals surface area contributed by atoms with Crippen LogP contribution in [0.3, 0.4) is 0 Å². The van der Waals surface area contributed by atoms with Crippen molar-refractivity contribution in [2.45, 2.75) is 46.0 Å². The zero-order valence-electron chi connectivity index (χ0n) is 20.1. The fourth-order valence-corrected chi connectivity index (χ4v) is 3.09. The molecule has 1 heterocycles. The van der Waals surface area contributed by atoms with E-state index < -0.39 is 5.97 Å². The highest BCUT2D eigenvalue weighted by atomic mass is 16.5. The van der Waals surface area contributed by atoms with E-state index in [1.807, 2.05) is 30.3 Å². The van der Waals surface area contributed by atoms with Crippen LogP contribution in [0.4, 0.5) is 10.6 Å². The number of urea groups is 1. The van der Waals surface area contributed by atoms with Crippen molar-refractivity contribution >= 4 is 23.9 Å². The molecule has 0 radical (unpaired) electrons. The van der Waals surface area contributed by atoms with Crippen molar-refractivity contribution in [3.05, 3.63) is 48.0 Å². The molecule has 0 saturated carbocycles. The molecule has 0 fully saturated rings. The molecule has 1 N–H and O–H groups in total. The third kappa shape index (κ3) is 8.25. The molecule has 0 bridgehead atoms. The van der Waals surface area contributed by atoms with Crippen LogP contribution >= 0.6 is 0 Å². The Morgan fingerprint density at radius 3 is 2.61 bits per heavy atom. The standard InChI is InChI=1S/C26H35N3O4/c1-5-7-9-17-27-26(31)29(3)24-12-10-11-22(28-24)21-15-13-20(14-16-25(30)32-4)19-23(21)33-18-8-6-2/h10-16,19H,5-9,17-18H2,1-4H3,(H,27,31)/b16-14+. The number of ether oxygens (including phenoxy) is 2. The summed E-state index contributed by atoms with van der Waals surface area (Å²) < 4.78 is 10.7. The lowest BCUT2D eigenvalue weighted by Gasteiger charge is -2.18. The summed E-state index contributed by atoms with van der Waals surface area (Å²) in [6.45, 7) is 5.46. The topological polar surface area (TPSA) is 80.8 Å². The van der Waals surface area contributed by atoms with Gasteiger partial charge in [0.25, 0.3) is 0 Å². The van der Waals surface area contributed by atoms with E-state index in [0.717, 1.165) is 43.2 Å². The number of nitrogens with one attached hydrogen (secondary N) is 1. The molecule has 0 unspecified atom stereocenters. The summed E-state index contributed by atoms with van der Waals surface area (Å²) >= 11 is 0. The predicted molar refractivity (Wildman–Crippen MR) is 132 cm³/mol. The Balaban J connectivity index is 2.27. The number of anilines is 1. The molecule has 0 spiro atoms. The van der Waals surface area contributed by atoms with E-state index >= 15 is 0 Å². The number of hydrogen-bond acceptors (Lipinski definition) is 5. The summed E-state index contributed by atoms with van der Waals surface area (Å²) in [5.74, 6) is 0.805. The van der Waals surface area contributed by atoms with Crippen molar-refractivity contribution in [2.24, 2.45) is 0 Å². The highest BCUT2D eigenvalue weighted by molar-refractivity contribution is 5.91. The zero-order chi connectivity index (χ0) is 24.1. The second-order valence-electron chi connectivity index (χ2n) is 7.69. The Hall–Kier alpha value is -3.35. The highest BCUT2D eigenvalue weighted by Crippen LogP contribution is 2.31. The lowest BCUT2D eigenvalue weighted by molar-refractivity contribution is -0.134. The predicted octanol–water partition coefficient (Wildman–Crippen LogP) is 5.45. The van der Waals surface area contributed by atoms with Gasteiger partial charge in [-0.15, -0.1) is 0 Å². The van der Waals surface area contributed by atoms with Crippen LogP contribution in [-0.4, -0.2) is 44.3 Å². The van der Waals surface area contributed by atoms with Gasteiger partial charge < -0.3 is 14.8 Å². The van der Waals surface area contributed by atoms with E-state index in [1.54, 1.807) is 19.2 Å². The van der Waals surface area contributed by atoms with Crippen molar-refractivity contribution in [2.75, 3.05) is 32.2 Å². The van der Waals surface area contributed by atoms with E-state index in [2.05, 4.69) is 23.9 Å². The van der Waals surface area contributed by atoms with Gasteiger partial charge in [-0.1, -0.05) is 45.2 Å². The molecule has 0 saturated heterocycles. The first kappa shape index (κ1) is 25.9. The number of esters is 1. The minimum absolute atomic E-state index is 0.182. The van der Waals surface area contributed by atoms with Crippen molar-refractivity contribution in [1.82, 2.24) is 10.3 Å². The summed E-state index contributed by atoms with van der Waals surface area (Å²) in [5, 5.41) is 2.93. The van der Waals surface area contributed by atoms with Gasteiger partial charge in [-0.25, -0.2) is 14.6 Å². The van der Waals surface area contributed by atoms with Gasteiger partial charge in [-0.05, 0) is 48.7 Å². The molecule has 7 nitrogen and oxygen atoms in total. The van der Waals surface area contributed by atoms with Gasteiger partial charge in [-0.2, -0.15) is 0 Å². The number of unbranched alkanes of at least 4 members (excludes halogenated alkanes) is 3. The Morgan fingerprint density at radius 2 is 1.88 bits per heavy atom. The van der Waals surface area contributed by atoms with E-state index in [4.69, 9.17) is 9.72 Å². The lowest BCUT2D eigenvalue weighted by Crippen LogP contribution is -2.38. The van der Waals surface area contributed by atoms with Crippen molar-refractivity contribution in [3.63, 3.8) is 0 Å². The van der Waals surface area contributed by atoms with Gasteiger partial charge in [0, 0.05) is 25.2 Å². The Bertz CT molecular complexity index is 943. The number of rotatable bonds is 12. The fraction of sp³-hybridized carbons (Fsp3) is 0.423. The third-order valence-electron chi connectivity index (χ3n) is 5.09. The van der Waals surface area contributed by atoms with Crippen LogP contribution in [0.25, 0.3) is 17.3 Å². The summed E-state index contributed by atoms with van der Waals surface area (Å²) in [6.07, 6.45) is 8.15. The molecule has 33 heavy (non-hydrogen) atoms. The van der Waals surface area contributed by atoms with E-state index in [1.165, 1.54) is 18.1 Å². The van der Waals surface area contributed by atoms with Gasteiger partial charge in [0.1, 0.15) is 11.6 Å². The van der Waals surface area contributed by atoms with E-state index in [9.17, 15) is 9.59 Å². The van der Waals surface area contributed by atoms with Crippen molar-refractivity contribution < 1.29 is 19.1 Å². The van der Waals surface area contributed by atoms with Gasteiger partial charge in [0.15, 0.2) is 0 Å². The Morgan fingerprint density at radius 1 is 1.09 bits per heavy atom. The third-order valence-corrected chi connectivity index (χ3v) is 5.09. The summed E-state index contributed by atoms with van der Waals surface area (Å²) in [6, 6.07) is 11.1. The number of methoxy groups -OCH3 is 1. The van der Waals surface area contributed by atoms with E-state index in [-0.39, 0.29) is 6.03 Å². The van der Waals surface area contributed by atoms with Gasteiger partial charge >= 0.3 is 12.0 Å². The van der Waals surface area contributed by atoms with Crippen LogP contribution in [0.2, 0.25) is 0 Å². The quantitative estimate of drug-likeness (QED) is 0.263. The number of pyridine rings is 1. The second kappa shape index (κ2) is 13.9. The van der Waals surface area contributed by atoms with Gasteiger partial charge in [0.05, 0.1) is 19.4 Å².